The minimum atomic E-state index is -1.06. The molecule has 0 spiro atoms. The molecule has 0 aromatic heterocycles. The SMILES string of the molecule is Cc1ccccc1C(N(O)Cc1ccccc1)C(C)(C)O.[C-]#[O+].[C-]#[O+].[C-]#[O+].[Cr]. The normalized spacial score (nSPS) is 10.3. The van der Waals surface area contributed by atoms with Crippen molar-refractivity contribution in [1.82, 2.24) is 5.06 Å². The minimum Gasteiger partial charge on any atom is 0 e. The van der Waals surface area contributed by atoms with Gasteiger partial charge >= 0.3 is 33.9 Å². The van der Waals surface area contributed by atoms with Gasteiger partial charge in [0, 0.05) is 23.9 Å². The number of benzene rings is 2. The molecule has 0 bridgehead atoms. The molecule has 28 heavy (non-hydrogen) atoms. The summed E-state index contributed by atoms with van der Waals surface area (Å²) >= 11 is 0. The summed E-state index contributed by atoms with van der Waals surface area (Å²) in [6, 6.07) is 17.1. The summed E-state index contributed by atoms with van der Waals surface area (Å²) in [5.41, 5.74) is 1.93. The largest absolute Gasteiger partial charge is 0 e. The van der Waals surface area contributed by atoms with E-state index in [1.165, 1.54) is 5.06 Å². The van der Waals surface area contributed by atoms with Crippen LogP contribution >= 0.6 is 0 Å². The molecule has 2 rings (SSSR count). The van der Waals surface area contributed by atoms with Crippen LogP contribution in [0.3, 0.4) is 0 Å². The van der Waals surface area contributed by atoms with Crippen molar-refractivity contribution in [2.45, 2.75) is 39.0 Å². The summed E-state index contributed by atoms with van der Waals surface area (Å²) < 4.78 is 22.5. The van der Waals surface area contributed by atoms with Gasteiger partial charge in [-0.05, 0) is 37.5 Å². The zero-order valence-electron chi connectivity index (χ0n) is 16.0. The van der Waals surface area contributed by atoms with Gasteiger partial charge in [-0.15, -0.1) is 0 Å². The Kier molecular flexibility index (Phi) is 18.9. The van der Waals surface area contributed by atoms with Gasteiger partial charge in [-0.1, -0.05) is 54.6 Å². The van der Waals surface area contributed by atoms with Crippen molar-refractivity contribution in [2.24, 2.45) is 0 Å². The van der Waals surface area contributed by atoms with Gasteiger partial charge in [-0.2, -0.15) is 5.06 Å². The van der Waals surface area contributed by atoms with E-state index in [0.29, 0.717) is 6.54 Å². The number of aryl methyl sites for hydroxylation is 1. The second-order valence-electron chi connectivity index (χ2n) is 6.00. The Bertz CT molecular complexity index is 694. The third kappa shape index (κ3) is 10.4. The van der Waals surface area contributed by atoms with Gasteiger partial charge in [-0.25, -0.2) is 0 Å². The molecule has 2 aromatic rings. The van der Waals surface area contributed by atoms with E-state index >= 15 is 0 Å². The van der Waals surface area contributed by atoms with Crippen molar-refractivity contribution in [3.05, 3.63) is 91.2 Å². The molecule has 0 saturated heterocycles. The molecule has 1 unspecified atom stereocenters. The van der Waals surface area contributed by atoms with Crippen LogP contribution < -0.4 is 0 Å². The fourth-order valence-corrected chi connectivity index (χ4v) is 2.66. The van der Waals surface area contributed by atoms with Gasteiger partial charge in [0.25, 0.3) is 0 Å². The minimum absolute atomic E-state index is 0. The van der Waals surface area contributed by atoms with E-state index in [4.69, 9.17) is 14.0 Å². The molecule has 2 aromatic carbocycles. The molecule has 0 aliphatic carbocycles. The molecular formula is C21H23CrNO5. The Morgan fingerprint density at radius 3 is 1.75 bits per heavy atom. The first kappa shape index (κ1) is 30.8. The Hall–Kier alpha value is -1.93. The predicted molar refractivity (Wildman–Crippen MR) is 95.8 cm³/mol. The molecule has 1 atom stereocenters. The van der Waals surface area contributed by atoms with Gasteiger partial charge in [-0.3, -0.25) is 0 Å². The average molecular weight is 421 g/mol. The Labute approximate surface area is 177 Å². The number of rotatable bonds is 5. The fraction of sp³-hybridized carbons (Fsp3) is 0.286. The van der Waals surface area contributed by atoms with Crippen molar-refractivity contribution in [2.75, 3.05) is 0 Å². The standard InChI is InChI=1S/C18H23NO2.3CO.Cr/c1-14-9-7-8-12-16(14)17(18(2,3)20)19(21)13-15-10-5-4-6-11-15;3*1-2;/h4-12,17,20-21H,13H2,1-3H3;;;;. The van der Waals surface area contributed by atoms with E-state index in [0.717, 1.165) is 16.7 Å². The van der Waals surface area contributed by atoms with E-state index in [1.807, 2.05) is 61.5 Å². The van der Waals surface area contributed by atoms with Crippen LogP contribution in [-0.2, 0) is 37.9 Å². The Morgan fingerprint density at radius 2 is 1.32 bits per heavy atom. The molecule has 2 N–H and O–H groups in total. The number of hydroxylamine groups is 2. The smallest absolute Gasteiger partial charge is 0 e. The molecule has 0 saturated carbocycles. The number of hydrogen-bond acceptors (Lipinski definition) is 3. The molecule has 0 amide bonds. The summed E-state index contributed by atoms with van der Waals surface area (Å²) in [4.78, 5) is 0. The average Bonchev–Trinajstić information content (AvgIpc) is 2.68. The second-order valence-corrected chi connectivity index (χ2v) is 6.00. The summed E-state index contributed by atoms with van der Waals surface area (Å²) in [7, 11) is 0. The van der Waals surface area contributed by atoms with Gasteiger partial charge in [0.05, 0.1) is 11.6 Å². The molecule has 0 radical (unpaired) electrons. The molecule has 7 heteroatoms. The van der Waals surface area contributed by atoms with Crippen LogP contribution in [0.2, 0.25) is 0 Å². The van der Waals surface area contributed by atoms with Crippen LogP contribution in [0.1, 0.15) is 36.6 Å². The third-order valence-corrected chi connectivity index (χ3v) is 3.64. The van der Waals surface area contributed by atoms with E-state index in [1.54, 1.807) is 13.8 Å². The maximum Gasteiger partial charge on any atom is 0 e. The number of nitrogens with zero attached hydrogens (tertiary/aromatic N) is 1. The van der Waals surface area contributed by atoms with Gasteiger partial charge in [0.15, 0.2) is 0 Å². The van der Waals surface area contributed by atoms with Gasteiger partial charge in [0.2, 0.25) is 0 Å². The summed E-state index contributed by atoms with van der Waals surface area (Å²) in [5, 5.41) is 22.3. The molecule has 0 aliphatic heterocycles. The van der Waals surface area contributed by atoms with Crippen LogP contribution in [0.15, 0.2) is 54.6 Å². The summed E-state index contributed by atoms with van der Waals surface area (Å²) in [5.74, 6) is 0. The maximum absolute atomic E-state index is 10.5. The van der Waals surface area contributed by atoms with Crippen molar-refractivity contribution >= 4 is 0 Å². The van der Waals surface area contributed by atoms with Crippen molar-refractivity contribution in [3.63, 3.8) is 0 Å². The number of aliphatic hydroxyl groups is 1. The van der Waals surface area contributed by atoms with E-state index < -0.39 is 11.6 Å². The molecule has 0 aliphatic rings. The summed E-state index contributed by atoms with van der Waals surface area (Å²) in [6.45, 7) is 19.3. The Balaban J connectivity index is -0.000000815. The molecule has 148 valence electrons. The monoisotopic (exact) mass is 421 g/mol. The van der Waals surface area contributed by atoms with Crippen molar-refractivity contribution in [1.29, 1.82) is 0 Å². The van der Waals surface area contributed by atoms with Crippen LogP contribution in [0.5, 0.6) is 0 Å². The first-order valence-electron chi connectivity index (χ1n) is 7.78. The maximum atomic E-state index is 10.5. The topological polar surface area (TPSA) is 103 Å². The first-order valence-corrected chi connectivity index (χ1v) is 7.78. The summed E-state index contributed by atoms with van der Waals surface area (Å²) in [6.07, 6.45) is 0. The first-order chi connectivity index (χ1) is 12.9. The Morgan fingerprint density at radius 1 is 0.893 bits per heavy atom. The number of hydrogen-bond donors (Lipinski definition) is 2. The van der Waals surface area contributed by atoms with E-state index in [2.05, 4.69) is 20.0 Å². The zero-order chi connectivity index (χ0) is 21.5. The molecular weight excluding hydrogens is 398 g/mol. The predicted octanol–water partition coefficient (Wildman–Crippen LogP) is 3.58. The van der Waals surface area contributed by atoms with E-state index in [-0.39, 0.29) is 17.4 Å². The van der Waals surface area contributed by atoms with Crippen LogP contribution in [0.25, 0.3) is 0 Å². The van der Waals surface area contributed by atoms with Crippen LogP contribution in [0, 0.1) is 26.9 Å². The molecule has 0 heterocycles. The third-order valence-electron chi connectivity index (χ3n) is 3.64. The second kappa shape index (κ2) is 17.2. The van der Waals surface area contributed by atoms with Gasteiger partial charge in [0.1, 0.15) is 0 Å². The van der Waals surface area contributed by atoms with Crippen LogP contribution in [0.4, 0.5) is 0 Å². The zero-order valence-corrected chi connectivity index (χ0v) is 17.2. The van der Waals surface area contributed by atoms with Crippen LogP contribution in [-0.4, -0.2) is 21.0 Å². The van der Waals surface area contributed by atoms with Crippen molar-refractivity contribution < 1.29 is 41.6 Å². The van der Waals surface area contributed by atoms with Gasteiger partial charge < -0.3 is 10.3 Å². The van der Waals surface area contributed by atoms with Crippen molar-refractivity contribution in [3.8, 4) is 0 Å². The van der Waals surface area contributed by atoms with E-state index in [9.17, 15) is 10.3 Å². The quantitative estimate of drug-likeness (QED) is 0.438. The molecule has 6 nitrogen and oxygen atoms in total. The fourth-order valence-electron chi connectivity index (χ4n) is 2.66. The molecule has 0 fully saturated rings.